The average Bonchev–Trinajstić information content (AvgIpc) is 3.19. The van der Waals surface area contributed by atoms with Crippen molar-refractivity contribution in [2.75, 3.05) is 12.4 Å². The van der Waals surface area contributed by atoms with Gasteiger partial charge in [-0.25, -0.2) is 4.98 Å². The molecule has 0 atom stereocenters. The second-order valence-electron chi connectivity index (χ2n) is 6.47. The minimum Gasteiger partial charge on any atom is -0.396 e. The van der Waals surface area contributed by atoms with Gasteiger partial charge in [0.05, 0.1) is 12.0 Å². The molecule has 124 valence electrons. The van der Waals surface area contributed by atoms with Crippen molar-refractivity contribution in [3.63, 3.8) is 0 Å². The van der Waals surface area contributed by atoms with Gasteiger partial charge in [0.2, 0.25) is 0 Å². The maximum absolute atomic E-state index is 13.3. The molecule has 0 spiro atoms. The SMILES string of the molecule is O=c1c2c3c(sc2nc(SCCO)n1C1CCCC1)CCCC3. The summed E-state index contributed by atoms with van der Waals surface area (Å²) in [7, 11) is 0. The Morgan fingerprint density at radius 3 is 2.78 bits per heavy atom. The number of aryl methyl sites for hydroxylation is 2. The third-order valence-electron chi connectivity index (χ3n) is 5.00. The number of hydrogen-bond acceptors (Lipinski definition) is 5. The molecule has 0 bridgehead atoms. The van der Waals surface area contributed by atoms with Crippen molar-refractivity contribution in [3.8, 4) is 0 Å². The lowest BCUT2D eigenvalue weighted by atomic mass is 9.97. The van der Waals surface area contributed by atoms with Gasteiger partial charge in [0.1, 0.15) is 4.83 Å². The predicted octanol–water partition coefficient (Wildman–Crippen LogP) is 3.54. The lowest BCUT2D eigenvalue weighted by molar-refractivity contribution is 0.322. The molecule has 2 aliphatic carbocycles. The van der Waals surface area contributed by atoms with Gasteiger partial charge in [0.15, 0.2) is 5.16 Å². The lowest BCUT2D eigenvalue weighted by Crippen LogP contribution is -2.27. The zero-order valence-electron chi connectivity index (χ0n) is 13.2. The van der Waals surface area contributed by atoms with E-state index in [0.717, 1.165) is 41.1 Å². The molecule has 23 heavy (non-hydrogen) atoms. The Morgan fingerprint density at radius 2 is 2.00 bits per heavy atom. The maximum atomic E-state index is 13.3. The molecule has 0 aromatic carbocycles. The van der Waals surface area contributed by atoms with E-state index in [1.54, 1.807) is 11.3 Å². The van der Waals surface area contributed by atoms with E-state index in [2.05, 4.69) is 0 Å². The minimum absolute atomic E-state index is 0.115. The molecular formula is C17H22N2O2S2. The molecule has 0 amide bonds. The summed E-state index contributed by atoms with van der Waals surface area (Å²) in [6.45, 7) is 0.115. The molecule has 6 heteroatoms. The number of aliphatic hydroxyl groups is 1. The van der Waals surface area contributed by atoms with Crippen molar-refractivity contribution in [1.29, 1.82) is 0 Å². The number of aromatic nitrogens is 2. The Morgan fingerprint density at radius 1 is 1.22 bits per heavy atom. The summed E-state index contributed by atoms with van der Waals surface area (Å²) in [6, 6.07) is 0.291. The molecule has 1 N–H and O–H groups in total. The summed E-state index contributed by atoms with van der Waals surface area (Å²) in [5.74, 6) is 0.593. The highest BCUT2D eigenvalue weighted by molar-refractivity contribution is 7.99. The van der Waals surface area contributed by atoms with Crippen molar-refractivity contribution in [3.05, 3.63) is 20.8 Å². The number of aliphatic hydroxyl groups excluding tert-OH is 1. The van der Waals surface area contributed by atoms with Crippen LogP contribution in [-0.4, -0.2) is 27.0 Å². The summed E-state index contributed by atoms with van der Waals surface area (Å²) in [5, 5.41) is 10.9. The van der Waals surface area contributed by atoms with Crippen LogP contribution >= 0.6 is 23.1 Å². The van der Waals surface area contributed by atoms with E-state index < -0.39 is 0 Å². The number of thioether (sulfide) groups is 1. The molecule has 2 heterocycles. The quantitative estimate of drug-likeness (QED) is 0.677. The fourth-order valence-electron chi connectivity index (χ4n) is 3.92. The van der Waals surface area contributed by atoms with Crippen LogP contribution in [0.2, 0.25) is 0 Å². The van der Waals surface area contributed by atoms with Crippen molar-refractivity contribution >= 4 is 33.3 Å². The molecule has 0 aliphatic heterocycles. The molecule has 2 aromatic heterocycles. The van der Waals surface area contributed by atoms with E-state index in [0.29, 0.717) is 11.8 Å². The van der Waals surface area contributed by atoms with Crippen LogP contribution < -0.4 is 5.56 Å². The molecule has 4 rings (SSSR count). The summed E-state index contributed by atoms with van der Waals surface area (Å²) in [4.78, 5) is 20.4. The zero-order valence-corrected chi connectivity index (χ0v) is 14.8. The highest BCUT2D eigenvalue weighted by atomic mass is 32.2. The maximum Gasteiger partial charge on any atom is 0.263 e. The van der Waals surface area contributed by atoms with E-state index >= 15 is 0 Å². The van der Waals surface area contributed by atoms with Crippen LogP contribution in [0.4, 0.5) is 0 Å². The van der Waals surface area contributed by atoms with E-state index in [4.69, 9.17) is 10.1 Å². The van der Waals surface area contributed by atoms with Crippen LogP contribution in [0.25, 0.3) is 10.2 Å². The fourth-order valence-corrected chi connectivity index (χ4v) is 6.03. The summed E-state index contributed by atoms with van der Waals surface area (Å²) in [6.07, 6.45) is 9.07. The Hall–Kier alpha value is -0.850. The molecule has 0 saturated heterocycles. The van der Waals surface area contributed by atoms with Gasteiger partial charge < -0.3 is 5.11 Å². The highest BCUT2D eigenvalue weighted by Crippen LogP contribution is 2.37. The number of rotatable bonds is 4. The third kappa shape index (κ3) is 2.75. The van der Waals surface area contributed by atoms with Crippen LogP contribution in [-0.2, 0) is 12.8 Å². The van der Waals surface area contributed by atoms with Gasteiger partial charge in [0.25, 0.3) is 5.56 Å². The molecular weight excluding hydrogens is 328 g/mol. The standard InChI is InChI=1S/C17H22N2O2S2/c20-9-10-22-17-18-15-14(12-7-3-4-8-13(12)23-15)16(21)19(17)11-5-1-2-6-11/h11,20H,1-10H2. The van der Waals surface area contributed by atoms with Gasteiger partial charge in [-0.3, -0.25) is 9.36 Å². The molecule has 0 radical (unpaired) electrons. The first-order chi connectivity index (χ1) is 11.3. The number of nitrogens with zero attached hydrogens (tertiary/aromatic N) is 2. The summed E-state index contributed by atoms with van der Waals surface area (Å²) in [5.41, 5.74) is 1.45. The first-order valence-corrected chi connectivity index (χ1v) is 10.4. The van der Waals surface area contributed by atoms with Gasteiger partial charge in [-0.1, -0.05) is 24.6 Å². The van der Waals surface area contributed by atoms with E-state index in [1.807, 2.05) is 4.57 Å². The molecule has 0 unspecified atom stereocenters. The zero-order chi connectivity index (χ0) is 15.8. The smallest absolute Gasteiger partial charge is 0.263 e. The van der Waals surface area contributed by atoms with E-state index in [-0.39, 0.29) is 12.2 Å². The molecule has 4 nitrogen and oxygen atoms in total. The van der Waals surface area contributed by atoms with Gasteiger partial charge in [-0.2, -0.15) is 0 Å². The van der Waals surface area contributed by atoms with Crippen LogP contribution in [0.15, 0.2) is 9.95 Å². The predicted molar refractivity (Wildman–Crippen MR) is 95.8 cm³/mol. The van der Waals surface area contributed by atoms with Gasteiger partial charge in [0, 0.05) is 16.7 Å². The Balaban J connectivity index is 1.91. The third-order valence-corrected chi connectivity index (χ3v) is 7.12. The molecule has 1 saturated carbocycles. The molecule has 1 fully saturated rings. The lowest BCUT2D eigenvalue weighted by Gasteiger charge is -2.18. The number of thiophene rings is 1. The minimum atomic E-state index is 0.115. The van der Waals surface area contributed by atoms with E-state index in [1.165, 1.54) is 47.9 Å². The van der Waals surface area contributed by atoms with Crippen molar-refractivity contribution in [2.24, 2.45) is 0 Å². The largest absolute Gasteiger partial charge is 0.396 e. The first kappa shape index (κ1) is 15.7. The Labute approximate surface area is 143 Å². The topological polar surface area (TPSA) is 55.1 Å². The first-order valence-electron chi connectivity index (χ1n) is 8.60. The second-order valence-corrected chi connectivity index (χ2v) is 8.62. The fraction of sp³-hybridized carbons (Fsp3) is 0.647. The van der Waals surface area contributed by atoms with Crippen LogP contribution in [0.5, 0.6) is 0 Å². The van der Waals surface area contributed by atoms with Crippen LogP contribution in [0.3, 0.4) is 0 Å². The number of fused-ring (bicyclic) bond motifs is 3. The van der Waals surface area contributed by atoms with E-state index in [9.17, 15) is 4.79 Å². The average molecular weight is 351 g/mol. The van der Waals surface area contributed by atoms with Crippen molar-refractivity contribution < 1.29 is 5.11 Å². The molecule has 2 aromatic rings. The summed E-state index contributed by atoms with van der Waals surface area (Å²) < 4.78 is 1.96. The van der Waals surface area contributed by atoms with Crippen LogP contribution in [0.1, 0.15) is 55.0 Å². The Kier molecular flexibility index (Phi) is 4.48. The monoisotopic (exact) mass is 350 g/mol. The Bertz CT molecular complexity index is 775. The van der Waals surface area contributed by atoms with Crippen molar-refractivity contribution in [1.82, 2.24) is 9.55 Å². The second kappa shape index (κ2) is 6.57. The highest BCUT2D eigenvalue weighted by Gasteiger charge is 2.26. The van der Waals surface area contributed by atoms with Gasteiger partial charge in [-0.15, -0.1) is 11.3 Å². The van der Waals surface area contributed by atoms with Crippen molar-refractivity contribution in [2.45, 2.75) is 62.6 Å². The van der Waals surface area contributed by atoms with Crippen LogP contribution in [0, 0.1) is 0 Å². The number of hydrogen-bond donors (Lipinski definition) is 1. The normalized spacial score (nSPS) is 18.7. The summed E-state index contributed by atoms with van der Waals surface area (Å²) >= 11 is 3.23. The van der Waals surface area contributed by atoms with Gasteiger partial charge in [-0.05, 0) is 44.1 Å². The molecule has 2 aliphatic rings. The van der Waals surface area contributed by atoms with Gasteiger partial charge >= 0.3 is 0 Å².